The fourth-order valence-corrected chi connectivity index (χ4v) is 6.56. The van der Waals surface area contributed by atoms with E-state index in [1.54, 1.807) is 11.3 Å². The summed E-state index contributed by atoms with van der Waals surface area (Å²) in [7, 11) is 0. The molecule has 34 heavy (non-hydrogen) atoms. The van der Waals surface area contributed by atoms with Crippen molar-refractivity contribution in [3.05, 3.63) is 58.1 Å². The van der Waals surface area contributed by atoms with E-state index in [9.17, 15) is 9.59 Å². The molecule has 6 heteroatoms. The van der Waals surface area contributed by atoms with Crippen molar-refractivity contribution >= 4 is 33.4 Å². The number of hydrogen-bond donors (Lipinski definition) is 1. The van der Waals surface area contributed by atoms with Crippen molar-refractivity contribution in [1.29, 1.82) is 0 Å². The summed E-state index contributed by atoms with van der Waals surface area (Å²) in [5.41, 5.74) is 3.02. The molecule has 2 aromatic heterocycles. The third-order valence-corrected chi connectivity index (χ3v) is 9.16. The van der Waals surface area contributed by atoms with Crippen LogP contribution in [-0.2, 0) is 24.3 Å². The number of fused-ring (bicyclic) bond motifs is 3. The summed E-state index contributed by atoms with van der Waals surface area (Å²) in [6.45, 7) is 9.35. The molecular weight excluding hydrogens is 442 g/mol. The fourth-order valence-electron chi connectivity index (χ4n) is 5.51. The Labute approximate surface area is 206 Å². The lowest BCUT2D eigenvalue weighted by Gasteiger charge is -2.45. The van der Waals surface area contributed by atoms with Crippen LogP contribution in [0.5, 0.6) is 0 Å². The normalized spacial score (nSPS) is 24.9. The van der Waals surface area contributed by atoms with E-state index in [0.717, 1.165) is 59.4 Å². The van der Waals surface area contributed by atoms with Crippen molar-refractivity contribution in [2.75, 3.05) is 0 Å². The van der Waals surface area contributed by atoms with Gasteiger partial charge in [0.1, 0.15) is 11.2 Å². The molecule has 1 aliphatic heterocycles. The minimum absolute atomic E-state index is 0.0348. The topological polar surface area (TPSA) is 54.3 Å². The van der Waals surface area contributed by atoms with Crippen LogP contribution >= 0.6 is 11.3 Å². The zero-order chi connectivity index (χ0) is 24.0. The lowest BCUT2D eigenvalue weighted by atomic mass is 9.86. The van der Waals surface area contributed by atoms with Gasteiger partial charge < -0.3 is 14.8 Å². The van der Waals surface area contributed by atoms with Gasteiger partial charge in [-0.1, -0.05) is 38.1 Å². The number of nitrogens with zero attached hydrogens (tertiary/aromatic N) is 2. The summed E-state index contributed by atoms with van der Waals surface area (Å²) in [5.74, 6) is 0.623. The molecule has 5 rings (SSSR count). The van der Waals surface area contributed by atoms with Gasteiger partial charge in [0.25, 0.3) is 5.91 Å². The van der Waals surface area contributed by atoms with Gasteiger partial charge >= 0.3 is 0 Å². The second kappa shape index (κ2) is 8.88. The Morgan fingerprint density at radius 3 is 2.62 bits per heavy atom. The molecule has 1 atom stereocenters. The number of rotatable bonds is 5. The van der Waals surface area contributed by atoms with Gasteiger partial charge in [-0.05, 0) is 75.1 Å². The molecule has 0 saturated heterocycles. The van der Waals surface area contributed by atoms with Crippen molar-refractivity contribution in [2.24, 2.45) is 5.92 Å². The van der Waals surface area contributed by atoms with Gasteiger partial charge in [-0.2, -0.15) is 0 Å². The third-order valence-electron chi connectivity index (χ3n) is 7.95. The molecule has 0 unspecified atom stereocenters. The van der Waals surface area contributed by atoms with E-state index in [2.05, 4.69) is 48.9 Å². The molecule has 3 heterocycles. The van der Waals surface area contributed by atoms with Crippen LogP contribution in [0, 0.1) is 12.8 Å². The number of carbonyl (C=O) groups excluding carboxylic acids is 2. The maximum atomic E-state index is 13.9. The predicted octanol–water partition coefficient (Wildman–Crippen LogP) is 5.68. The second-order valence-corrected chi connectivity index (χ2v) is 11.6. The molecule has 1 fully saturated rings. The highest BCUT2D eigenvalue weighted by Crippen LogP contribution is 2.37. The van der Waals surface area contributed by atoms with Gasteiger partial charge in [0, 0.05) is 17.5 Å². The Bertz CT molecular complexity index is 1230. The first-order valence-electron chi connectivity index (χ1n) is 12.6. The molecule has 0 radical (unpaired) electrons. The maximum Gasteiger partial charge on any atom is 0.271 e. The molecule has 5 nitrogen and oxygen atoms in total. The van der Waals surface area contributed by atoms with E-state index in [1.165, 1.54) is 4.88 Å². The number of benzene rings is 1. The highest BCUT2D eigenvalue weighted by molar-refractivity contribution is 7.19. The van der Waals surface area contributed by atoms with Crippen LogP contribution in [0.4, 0.5) is 0 Å². The number of amides is 2. The Hall–Kier alpha value is -2.60. The Morgan fingerprint density at radius 2 is 1.91 bits per heavy atom. The van der Waals surface area contributed by atoms with Crippen molar-refractivity contribution in [2.45, 2.75) is 84.5 Å². The van der Waals surface area contributed by atoms with Crippen LogP contribution in [0.2, 0.25) is 0 Å². The molecule has 2 amide bonds. The van der Waals surface area contributed by atoms with E-state index in [4.69, 9.17) is 0 Å². The molecule has 3 aromatic rings. The molecule has 1 N–H and O–H groups in total. The van der Waals surface area contributed by atoms with E-state index >= 15 is 0 Å². The Balaban J connectivity index is 1.53. The number of aromatic nitrogens is 1. The summed E-state index contributed by atoms with van der Waals surface area (Å²) in [6.07, 6.45) is 5.28. The highest BCUT2D eigenvalue weighted by Gasteiger charge is 2.48. The van der Waals surface area contributed by atoms with Crippen LogP contribution < -0.4 is 5.32 Å². The van der Waals surface area contributed by atoms with Crippen LogP contribution in [0.1, 0.15) is 72.9 Å². The van der Waals surface area contributed by atoms with E-state index < -0.39 is 5.54 Å². The lowest BCUT2D eigenvalue weighted by Crippen LogP contribution is -2.64. The highest BCUT2D eigenvalue weighted by atomic mass is 32.1. The minimum Gasteiger partial charge on any atom is -0.351 e. The smallest absolute Gasteiger partial charge is 0.271 e. The average molecular weight is 478 g/mol. The number of carbonyl (C=O) groups is 2. The number of thiophene rings is 1. The summed E-state index contributed by atoms with van der Waals surface area (Å²) >= 11 is 1.75. The summed E-state index contributed by atoms with van der Waals surface area (Å²) in [4.78, 5) is 31.0. The van der Waals surface area contributed by atoms with Crippen LogP contribution in [-0.4, -0.2) is 32.9 Å². The van der Waals surface area contributed by atoms with Gasteiger partial charge in [0.05, 0.1) is 16.8 Å². The summed E-state index contributed by atoms with van der Waals surface area (Å²) < 4.78 is 3.21. The molecule has 2 aliphatic rings. The molecule has 0 spiro atoms. The standard InChI is InChI=1S/C28H35N3O2S/c1-5-22-14-23-25(34-22)15-24-26(32)31(16-20-9-7-6-8-19(20)3)28(4,17-30(23)24)27(33)29-21-12-10-18(2)11-13-21/h6-9,14-15,18,21H,5,10-13,16-17H2,1-4H3,(H,29,33)/t18?,21?,28-/m1/s1. The van der Waals surface area contributed by atoms with Gasteiger partial charge in [-0.3, -0.25) is 9.59 Å². The largest absolute Gasteiger partial charge is 0.351 e. The molecular formula is C28H35N3O2S. The fraction of sp³-hybridized carbons (Fsp3) is 0.500. The quantitative estimate of drug-likeness (QED) is 0.514. The van der Waals surface area contributed by atoms with Gasteiger partial charge in [-0.15, -0.1) is 11.3 Å². The summed E-state index contributed by atoms with van der Waals surface area (Å²) in [6, 6.07) is 12.5. The van der Waals surface area contributed by atoms with Crippen LogP contribution in [0.3, 0.4) is 0 Å². The molecule has 180 valence electrons. The minimum atomic E-state index is -0.963. The summed E-state index contributed by atoms with van der Waals surface area (Å²) in [5, 5.41) is 3.34. The third kappa shape index (κ3) is 3.96. The molecule has 1 aliphatic carbocycles. The van der Waals surface area contributed by atoms with Gasteiger partial charge in [0.15, 0.2) is 0 Å². The van der Waals surface area contributed by atoms with Crippen molar-refractivity contribution < 1.29 is 9.59 Å². The first kappa shape index (κ1) is 23.2. The van der Waals surface area contributed by atoms with E-state index in [1.807, 2.05) is 30.0 Å². The number of nitrogens with one attached hydrogen (secondary N) is 1. The average Bonchev–Trinajstić information content (AvgIpc) is 3.38. The maximum absolute atomic E-state index is 13.9. The molecule has 1 aromatic carbocycles. The Kier molecular flexibility index (Phi) is 6.05. The second-order valence-electron chi connectivity index (χ2n) is 10.5. The van der Waals surface area contributed by atoms with Crippen molar-refractivity contribution in [3.8, 4) is 0 Å². The van der Waals surface area contributed by atoms with Crippen molar-refractivity contribution in [3.63, 3.8) is 0 Å². The van der Waals surface area contributed by atoms with E-state index in [0.29, 0.717) is 18.8 Å². The number of hydrogen-bond acceptors (Lipinski definition) is 3. The predicted molar refractivity (Wildman–Crippen MR) is 138 cm³/mol. The number of aryl methyl sites for hydroxylation is 2. The molecule has 0 bridgehead atoms. The first-order valence-corrected chi connectivity index (χ1v) is 13.4. The van der Waals surface area contributed by atoms with Crippen LogP contribution in [0.25, 0.3) is 10.2 Å². The lowest BCUT2D eigenvalue weighted by molar-refractivity contribution is -0.134. The molecule has 1 saturated carbocycles. The van der Waals surface area contributed by atoms with Crippen LogP contribution in [0.15, 0.2) is 36.4 Å². The zero-order valence-electron chi connectivity index (χ0n) is 20.7. The SMILES string of the molecule is CCc1cc2c(cc3n2C[C@](C)(C(=O)NC2CCC(C)CC2)N(Cc2ccccc2C)C3=O)s1. The van der Waals surface area contributed by atoms with E-state index in [-0.39, 0.29) is 17.9 Å². The van der Waals surface area contributed by atoms with Crippen molar-refractivity contribution in [1.82, 2.24) is 14.8 Å². The van der Waals surface area contributed by atoms with Gasteiger partial charge in [0.2, 0.25) is 5.91 Å². The van der Waals surface area contributed by atoms with Gasteiger partial charge in [-0.25, -0.2) is 0 Å². The monoisotopic (exact) mass is 477 g/mol. The zero-order valence-corrected chi connectivity index (χ0v) is 21.5. The Morgan fingerprint density at radius 1 is 1.18 bits per heavy atom. The first-order chi connectivity index (χ1) is 16.3.